The van der Waals surface area contributed by atoms with Crippen LogP contribution >= 0.6 is 31.9 Å². The van der Waals surface area contributed by atoms with E-state index in [9.17, 15) is 0 Å². The number of rotatable bonds is 6. The highest BCUT2D eigenvalue weighted by atomic mass is 79.9. The molecular weight excluding hydrogens is 370 g/mol. The highest BCUT2D eigenvalue weighted by Gasteiger charge is 1.95. The molecule has 0 fully saturated rings. The largest absolute Gasteiger partial charge is 0.383 e. The first-order chi connectivity index (χ1) is 9.24. The van der Waals surface area contributed by atoms with Crippen LogP contribution in [0, 0.1) is 0 Å². The lowest BCUT2D eigenvalue weighted by atomic mass is 10.2. The second-order valence-electron chi connectivity index (χ2n) is 4.12. The first-order valence-electron chi connectivity index (χ1n) is 6.06. The Morgan fingerprint density at radius 2 is 1.68 bits per heavy atom. The minimum atomic E-state index is 0.638. The molecule has 1 N–H and O–H groups in total. The van der Waals surface area contributed by atoms with Crippen molar-refractivity contribution in [1.82, 2.24) is 0 Å². The highest BCUT2D eigenvalue weighted by molar-refractivity contribution is 9.10. The number of halogens is 2. The number of nitrogens with one attached hydrogen (secondary N) is 1. The maximum absolute atomic E-state index is 5.63. The van der Waals surface area contributed by atoms with Crippen molar-refractivity contribution in [2.75, 3.05) is 18.5 Å². The van der Waals surface area contributed by atoms with E-state index in [4.69, 9.17) is 4.74 Å². The summed E-state index contributed by atoms with van der Waals surface area (Å²) >= 11 is 6.90. The standard InChI is InChI=1S/C15H15Br2NO/c16-13-4-1-3-12(9-13)11-19-8-7-18-15-6-2-5-14(17)10-15/h1-6,9-10,18H,7-8,11H2. The monoisotopic (exact) mass is 383 g/mol. The molecule has 0 saturated carbocycles. The van der Waals surface area contributed by atoms with Crippen LogP contribution in [0.15, 0.2) is 57.5 Å². The normalized spacial score (nSPS) is 10.4. The van der Waals surface area contributed by atoms with Crippen LogP contribution in [-0.2, 0) is 11.3 Å². The van der Waals surface area contributed by atoms with Crippen molar-refractivity contribution in [2.45, 2.75) is 6.61 Å². The van der Waals surface area contributed by atoms with Crippen LogP contribution in [0.25, 0.3) is 0 Å². The lowest BCUT2D eigenvalue weighted by molar-refractivity contribution is 0.130. The van der Waals surface area contributed by atoms with Crippen molar-refractivity contribution < 1.29 is 4.74 Å². The average molecular weight is 385 g/mol. The molecule has 4 heteroatoms. The summed E-state index contributed by atoms with van der Waals surface area (Å²) in [6.07, 6.45) is 0. The lowest BCUT2D eigenvalue weighted by Gasteiger charge is -2.08. The van der Waals surface area contributed by atoms with Crippen LogP contribution in [0.4, 0.5) is 5.69 Å². The van der Waals surface area contributed by atoms with Gasteiger partial charge in [-0.25, -0.2) is 0 Å². The summed E-state index contributed by atoms with van der Waals surface area (Å²) < 4.78 is 7.79. The Balaban J connectivity index is 1.67. The molecule has 0 bridgehead atoms. The van der Waals surface area contributed by atoms with Gasteiger partial charge in [0.2, 0.25) is 0 Å². The Kier molecular flexibility index (Phi) is 5.89. The summed E-state index contributed by atoms with van der Waals surface area (Å²) in [6, 6.07) is 16.3. The smallest absolute Gasteiger partial charge is 0.0718 e. The average Bonchev–Trinajstić information content (AvgIpc) is 2.38. The van der Waals surface area contributed by atoms with Crippen molar-refractivity contribution in [3.8, 4) is 0 Å². The van der Waals surface area contributed by atoms with Gasteiger partial charge in [0.1, 0.15) is 0 Å². The molecule has 19 heavy (non-hydrogen) atoms. The molecule has 0 spiro atoms. The fourth-order valence-electron chi connectivity index (χ4n) is 1.68. The van der Waals surface area contributed by atoms with Gasteiger partial charge < -0.3 is 10.1 Å². The van der Waals surface area contributed by atoms with E-state index >= 15 is 0 Å². The van der Waals surface area contributed by atoms with Gasteiger partial charge in [0.15, 0.2) is 0 Å². The molecule has 0 atom stereocenters. The van der Waals surface area contributed by atoms with E-state index in [-0.39, 0.29) is 0 Å². The maximum Gasteiger partial charge on any atom is 0.0718 e. The Labute approximate surface area is 130 Å². The Morgan fingerprint density at radius 3 is 2.42 bits per heavy atom. The van der Waals surface area contributed by atoms with Crippen LogP contribution in [-0.4, -0.2) is 13.2 Å². The SMILES string of the molecule is Brc1cccc(COCCNc2cccc(Br)c2)c1. The lowest BCUT2D eigenvalue weighted by Crippen LogP contribution is -2.09. The van der Waals surface area contributed by atoms with Crippen molar-refractivity contribution in [2.24, 2.45) is 0 Å². The van der Waals surface area contributed by atoms with Crippen LogP contribution < -0.4 is 5.32 Å². The molecule has 100 valence electrons. The summed E-state index contributed by atoms with van der Waals surface area (Å²) in [5.74, 6) is 0. The molecule has 2 rings (SSSR count). The van der Waals surface area contributed by atoms with Crippen molar-refractivity contribution >= 4 is 37.5 Å². The Hall–Kier alpha value is -0.840. The van der Waals surface area contributed by atoms with Crippen molar-refractivity contribution in [1.29, 1.82) is 0 Å². The molecular formula is C15H15Br2NO. The zero-order chi connectivity index (χ0) is 13.5. The van der Waals surface area contributed by atoms with Gasteiger partial charge in [0.25, 0.3) is 0 Å². The van der Waals surface area contributed by atoms with Gasteiger partial charge in [-0.3, -0.25) is 0 Å². The molecule has 0 aromatic heterocycles. The predicted octanol–water partition coefficient (Wildman–Crippen LogP) is 4.84. The fraction of sp³-hybridized carbons (Fsp3) is 0.200. The van der Waals surface area contributed by atoms with E-state index in [0.717, 1.165) is 21.2 Å². The van der Waals surface area contributed by atoms with Gasteiger partial charge in [-0.2, -0.15) is 0 Å². The summed E-state index contributed by atoms with van der Waals surface area (Å²) in [5.41, 5.74) is 2.28. The van der Waals surface area contributed by atoms with Gasteiger partial charge in [-0.15, -0.1) is 0 Å². The summed E-state index contributed by atoms with van der Waals surface area (Å²) in [6.45, 7) is 2.11. The molecule has 0 amide bonds. The van der Waals surface area contributed by atoms with E-state index in [1.54, 1.807) is 0 Å². The minimum absolute atomic E-state index is 0.638. The summed E-state index contributed by atoms with van der Waals surface area (Å²) in [7, 11) is 0. The molecule has 0 aliphatic carbocycles. The summed E-state index contributed by atoms with van der Waals surface area (Å²) in [4.78, 5) is 0. The molecule has 0 saturated heterocycles. The quantitative estimate of drug-likeness (QED) is 0.719. The van der Waals surface area contributed by atoms with Crippen LogP contribution in [0.2, 0.25) is 0 Å². The fourth-order valence-corrected chi connectivity index (χ4v) is 2.53. The minimum Gasteiger partial charge on any atom is -0.383 e. The van der Waals surface area contributed by atoms with Gasteiger partial charge >= 0.3 is 0 Å². The maximum atomic E-state index is 5.63. The first kappa shape index (κ1) is 14.6. The van der Waals surface area contributed by atoms with Gasteiger partial charge in [0.05, 0.1) is 13.2 Å². The predicted molar refractivity (Wildman–Crippen MR) is 86.4 cm³/mol. The van der Waals surface area contributed by atoms with E-state index in [2.05, 4.69) is 49.3 Å². The number of hydrogen-bond acceptors (Lipinski definition) is 2. The molecule has 0 heterocycles. The summed E-state index contributed by atoms with van der Waals surface area (Å²) in [5, 5.41) is 3.32. The van der Waals surface area contributed by atoms with E-state index in [0.29, 0.717) is 13.2 Å². The van der Waals surface area contributed by atoms with E-state index in [1.165, 1.54) is 5.56 Å². The number of ether oxygens (including phenoxy) is 1. The number of benzene rings is 2. The second kappa shape index (κ2) is 7.68. The van der Waals surface area contributed by atoms with Gasteiger partial charge in [0, 0.05) is 21.2 Å². The molecule has 0 radical (unpaired) electrons. The first-order valence-corrected chi connectivity index (χ1v) is 7.64. The van der Waals surface area contributed by atoms with Crippen molar-refractivity contribution in [3.05, 3.63) is 63.0 Å². The van der Waals surface area contributed by atoms with Crippen LogP contribution in [0.5, 0.6) is 0 Å². The second-order valence-corrected chi connectivity index (χ2v) is 5.95. The van der Waals surface area contributed by atoms with E-state index in [1.807, 2.05) is 36.4 Å². The molecule has 2 aromatic carbocycles. The topological polar surface area (TPSA) is 21.3 Å². The Morgan fingerprint density at radius 1 is 0.947 bits per heavy atom. The van der Waals surface area contributed by atoms with E-state index < -0.39 is 0 Å². The van der Waals surface area contributed by atoms with Gasteiger partial charge in [-0.05, 0) is 35.9 Å². The third-order valence-corrected chi connectivity index (χ3v) is 3.54. The molecule has 0 unspecified atom stereocenters. The van der Waals surface area contributed by atoms with Crippen molar-refractivity contribution in [3.63, 3.8) is 0 Å². The Bertz CT molecular complexity index is 484. The zero-order valence-electron chi connectivity index (χ0n) is 10.4. The molecule has 2 nitrogen and oxygen atoms in total. The number of anilines is 1. The highest BCUT2D eigenvalue weighted by Crippen LogP contribution is 2.15. The number of hydrogen-bond donors (Lipinski definition) is 1. The molecule has 0 aliphatic rings. The third kappa shape index (κ3) is 5.35. The molecule has 0 aliphatic heterocycles. The molecule has 2 aromatic rings. The van der Waals surface area contributed by atoms with Crippen LogP contribution in [0.1, 0.15) is 5.56 Å². The van der Waals surface area contributed by atoms with Crippen LogP contribution in [0.3, 0.4) is 0 Å². The third-order valence-electron chi connectivity index (χ3n) is 2.56. The zero-order valence-corrected chi connectivity index (χ0v) is 13.6. The van der Waals surface area contributed by atoms with Gasteiger partial charge in [-0.1, -0.05) is 50.1 Å².